The fourth-order valence-electron chi connectivity index (χ4n) is 3.67. The summed E-state index contributed by atoms with van der Waals surface area (Å²) in [4.78, 5) is 12.4. The molecule has 0 unspecified atom stereocenters. The Bertz CT molecular complexity index is 511. The van der Waals surface area contributed by atoms with E-state index in [2.05, 4.69) is 10.4 Å². The number of hydroxylamine groups is 2. The number of amides is 2. The molecule has 3 fully saturated rings. The van der Waals surface area contributed by atoms with Gasteiger partial charge in [0.2, 0.25) is 0 Å². The zero-order chi connectivity index (χ0) is 17.0. The van der Waals surface area contributed by atoms with E-state index in [1.165, 1.54) is 0 Å². The lowest BCUT2D eigenvalue weighted by Crippen LogP contribution is -2.62. The number of nitrogens with one attached hydrogen (secondary N) is 2. The number of carbonyl (C=O) groups is 1. The third-order valence-corrected chi connectivity index (χ3v) is 7.62. The Hall–Kier alpha value is -0.660. The van der Waals surface area contributed by atoms with Crippen molar-refractivity contribution in [2.75, 3.05) is 26.2 Å². The summed E-state index contributed by atoms with van der Waals surface area (Å²) in [5, 5.41) is 19.1. The first-order valence-electron chi connectivity index (χ1n) is 8.22. The Morgan fingerprint density at radius 3 is 1.83 bits per heavy atom. The van der Waals surface area contributed by atoms with Crippen LogP contribution in [-0.2, 0) is 9.77 Å². The molecule has 2 N–H and O–H groups in total. The number of hydrogen-bond acceptors (Lipinski definition) is 3. The zero-order valence-corrected chi connectivity index (χ0v) is 15.2. The normalized spacial score (nSPS) is 28.4. The molecule has 9 heteroatoms. The minimum atomic E-state index is -2.91. The van der Waals surface area contributed by atoms with Gasteiger partial charge >= 0.3 is 13.6 Å². The van der Waals surface area contributed by atoms with Crippen molar-refractivity contribution in [1.82, 2.24) is 24.8 Å². The van der Waals surface area contributed by atoms with E-state index in [-0.39, 0.29) is 6.04 Å². The van der Waals surface area contributed by atoms with E-state index in [1.807, 2.05) is 37.0 Å². The number of piperidine rings is 1. The molecule has 0 bridgehead atoms. The highest BCUT2D eigenvalue weighted by atomic mass is 31.2. The molecule has 1 radical (unpaired) electrons. The number of hydrogen-bond donors (Lipinski definition) is 2. The summed E-state index contributed by atoms with van der Waals surface area (Å²) in [7, 11) is -2.91. The van der Waals surface area contributed by atoms with Crippen LogP contribution in [0, 0.1) is 0 Å². The van der Waals surface area contributed by atoms with Gasteiger partial charge in [0.15, 0.2) is 0 Å². The van der Waals surface area contributed by atoms with Crippen LogP contribution in [0.1, 0.15) is 40.5 Å². The number of urea groups is 1. The smallest absolute Gasteiger partial charge is 0.322 e. The second-order valence-corrected chi connectivity index (χ2v) is 10.5. The first-order chi connectivity index (χ1) is 10.5. The van der Waals surface area contributed by atoms with Crippen molar-refractivity contribution in [3.63, 3.8) is 0 Å². The highest BCUT2D eigenvalue weighted by molar-refractivity contribution is 7.58. The molecule has 0 saturated carbocycles. The summed E-state index contributed by atoms with van der Waals surface area (Å²) in [6, 6.07) is -0.509. The summed E-state index contributed by atoms with van der Waals surface area (Å²) < 4.78 is 16.5. The number of nitrogens with zero attached hydrogens (tertiary/aromatic N) is 3. The van der Waals surface area contributed by atoms with Crippen molar-refractivity contribution in [2.45, 2.75) is 57.7 Å². The summed E-state index contributed by atoms with van der Waals surface area (Å²) in [5.74, 6) is 0. The fourth-order valence-corrected chi connectivity index (χ4v) is 5.90. The minimum absolute atomic E-state index is 0.109. The van der Waals surface area contributed by atoms with Gasteiger partial charge in [-0.1, -0.05) is 0 Å². The van der Waals surface area contributed by atoms with Gasteiger partial charge in [-0.25, -0.2) is 14.1 Å². The van der Waals surface area contributed by atoms with Gasteiger partial charge in [0.05, 0.1) is 0 Å². The van der Waals surface area contributed by atoms with Gasteiger partial charge < -0.3 is 5.32 Å². The number of carbonyl (C=O) groups excluding carboxylic acids is 1. The molecule has 8 nitrogen and oxygen atoms in total. The predicted octanol–water partition coefficient (Wildman–Crippen LogP) is 1.39. The molecule has 3 saturated heterocycles. The molecular formula is C14H27N5O3P. The summed E-state index contributed by atoms with van der Waals surface area (Å²) >= 11 is 0. The summed E-state index contributed by atoms with van der Waals surface area (Å²) in [6.07, 6.45) is 1.15. The van der Waals surface area contributed by atoms with Gasteiger partial charge in [0.1, 0.15) is 0 Å². The number of rotatable bonds is 4. The lowest BCUT2D eigenvalue weighted by atomic mass is 9.79. The minimum Gasteiger partial charge on any atom is -0.335 e. The summed E-state index contributed by atoms with van der Waals surface area (Å²) in [5.41, 5.74) is -1.08. The highest BCUT2D eigenvalue weighted by Crippen LogP contribution is 2.56. The lowest BCUT2D eigenvalue weighted by molar-refractivity contribution is -0.289. The van der Waals surface area contributed by atoms with Crippen LogP contribution in [0.15, 0.2) is 0 Å². The van der Waals surface area contributed by atoms with E-state index in [0.29, 0.717) is 12.8 Å². The monoisotopic (exact) mass is 344 g/mol. The molecule has 3 heterocycles. The van der Waals surface area contributed by atoms with Gasteiger partial charge in [-0.05, 0) is 40.5 Å². The molecule has 2 amide bonds. The first kappa shape index (κ1) is 17.2. The van der Waals surface area contributed by atoms with Crippen LogP contribution in [0.25, 0.3) is 0 Å². The molecular weight excluding hydrogens is 317 g/mol. The maximum Gasteiger partial charge on any atom is 0.322 e. The van der Waals surface area contributed by atoms with E-state index in [4.69, 9.17) is 0 Å². The van der Waals surface area contributed by atoms with E-state index in [9.17, 15) is 14.6 Å². The maximum absolute atomic E-state index is 12.9. The Balaban J connectivity index is 1.62. The Labute approximate surface area is 137 Å². The van der Waals surface area contributed by atoms with E-state index < -0.39 is 24.7 Å². The molecule has 131 valence electrons. The molecule has 3 aliphatic heterocycles. The predicted molar refractivity (Wildman–Crippen MR) is 86.1 cm³/mol. The van der Waals surface area contributed by atoms with Crippen LogP contribution in [0.4, 0.5) is 4.79 Å². The average molecular weight is 344 g/mol. The van der Waals surface area contributed by atoms with Gasteiger partial charge in [-0.3, -0.25) is 9.65 Å². The van der Waals surface area contributed by atoms with Crippen molar-refractivity contribution in [1.29, 1.82) is 0 Å². The molecule has 3 aliphatic rings. The highest BCUT2D eigenvalue weighted by Gasteiger charge is 2.50. The molecule has 23 heavy (non-hydrogen) atoms. The Kier molecular flexibility index (Phi) is 4.05. The fraction of sp³-hybridized carbons (Fsp3) is 0.929. The van der Waals surface area contributed by atoms with Crippen molar-refractivity contribution >= 4 is 13.6 Å². The van der Waals surface area contributed by atoms with Gasteiger partial charge in [0, 0.05) is 43.3 Å². The molecule has 3 rings (SSSR count). The van der Waals surface area contributed by atoms with Gasteiger partial charge in [-0.15, -0.1) is 10.3 Å². The van der Waals surface area contributed by atoms with E-state index in [0.717, 1.165) is 31.2 Å². The second-order valence-electron chi connectivity index (χ2n) is 8.06. The lowest BCUT2D eigenvalue weighted by Gasteiger charge is -2.49. The quantitative estimate of drug-likeness (QED) is 0.594. The van der Waals surface area contributed by atoms with Crippen molar-refractivity contribution in [3.8, 4) is 0 Å². The van der Waals surface area contributed by atoms with Crippen LogP contribution in [-0.4, -0.2) is 63.7 Å². The van der Waals surface area contributed by atoms with Crippen LogP contribution >= 0.6 is 7.59 Å². The topological polar surface area (TPSA) is 87.4 Å². The molecule has 0 aromatic carbocycles. The SMILES string of the molecule is CC1(C)CC(NC(=O)NP(=O)(N2CC2)N2CC2)CC(C)(C)N1[O]. The van der Waals surface area contributed by atoms with E-state index in [1.54, 1.807) is 0 Å². The summed E-state index contributed by atoms with van der Waals surface area (Å²) in [6.45, 7) is 10.6. The van der Waals surface area contributed by atoms with Crippen molar-refractivity contribution < 1.29 is 14.6 Å². The first-order valence-corrected chi connectivity index (χ1v) is 9.83. The van der Waals surface area contributed by atoms with Gasteiger partial charge in [-0.2, -0.15) is 0 Å². The van der Waals surface area contributed by atoms with Crippen LogP contribution in [0.3, 0.4) is 0 Å². The molecule has 0 aromatic heterocycles. The van der Waals surface area contributed by atoms with Crippen molar-refractivity contribution in [2.24, 2.45) is 0 Å². The maximum atomic E-state index is 12.9. The second kappa shape index (κ2) is 5.43. The Morgan fingerprint density at radius 1 is 1.00 bits per heavy atom. The van der Waals surface area contributed by atoms with Gasteiger partial charge in [0.25, 0.3) is 0 Å². The van der Waals surface area contributed by atoms with Crippen LogP contribution in [0.2, 0.25) is 0 Å². The largest absolute Gasteiger partial charge is 0.335 e. The van der Waals surface area contributed by atoms with Crippen LogP contribution in [0.5, 0.6) is 0 Å². The average Bonchev–Trinajstić information content (AvgIpc) is 3.27. The molecule has 0 spiro atoms. The van der Waals surface area contributed by atoms with Crippen LogP contribution < -0.4 is 10.4 Å². The Morgan fingerprint density at radius 2 is 1.43 bits per heavy atom. The zero-order valence-electron chi connectivity index (χ0n) is 14.3. The molecule has 0 aromatic rings. The third-order valence-electron chi connectivity index (χ3n) is 4.79. The molecule has 0 atom stereocenters. The standard InChI is InChI=1S/C14H27N5O3P/c1-13(2)9-11(10-14(3,4)19(13)21)15-12(20)16-23(22,17-5-6-17)18-7-8-18/h11H,5-10H2,1-4H3,(H2,15,16,20,22). The van der Waals surface area contributed by atoms with Crippen molar-refractivity contribution in [3.05, 3.63) is 0 Å². The van der Waals surface area contributed by atoms with E-state index >= 15 is 0 Å². The molecule has 0 aliphatic carbocycles. The third kappa shape index (κ3) is 3.42.